The van der Waals surface area contributed by atoms with E-state index in [1.807, 2.05) is 4.72 Å². The van der Waals surface area contributed by atoms with Gasteiger partial charge in [0.1, 0.15) is 17.7 Å². The molecule has 0 aromatic carbocycles. The highest BCUT2D eigenvalue weighted by molar-refractivity contribution is 7.92. The zero-order chi connectivity index (χ0) is 21.0. The molecular weight excluding hydrogens is 404 g/mol. The van der Waals surface area contributed by atoms with Gasteiger partial charge in [0.2, 0.25) is 10.0 Å². The highest BCUT2D eigenvalue weighted by Gasteiger charge is 2.21. The zero-order valence-corrected chi connectivity index (χ0v) is 16.3. The molecular formula is C17H17F2N7O2S. The fourth-order valence-electron chi connectivity index (χ4n) is 2.44. The highest BCUT2D eigenvalue weighted by Crippen LogP contribution is 2.30. The number of aryl methyl sites for hydroxylation is 1. The number of sulfonamides is 1. The van der Waals surface area contributed by atoms with Crippen LogP contribution < -0.4 is 10.0 Å². The third-order valence-corrected chi connectivity index (χ3v) is 5.14. The molecule has 0 spiro atoms. The highest BCUT2D eigenvalue weighted by atomic mass is 32.2. The van der Waals surface area contributed by atoms with Crippen molar-refractivity contribution in [3.05, 3.63) is 48.3 Å². The van der Waals surface area contributed by atoms with Crippen molar-refractivity contribution in [3.8, 4) is 11.4 Å². The van der Waals surface area contributed by atoms with Crippen molar-refractivity contribution in [1.82, 2.24) is 24.9 Å². The molecule has 0 unspecified atom stereocenters. The lowest BCUT2D eigenvalue weighted by atomic mass is 10.2. The van der Waals surface area contributed by atoms with E-state index in [9.17, 15) is 17.2 Å². The van der Waals surface area contributed by atoms with Crippen LogP contribution in [0.1, 0.15) is 19.0 Å². The molecule has 0 aliphatic carbocycles. The number of pyridine rings is 1. The van der Waals surface area contributed by atoms with E-state index < -0.39 is 33.2 Å². The van der Waals surface area contributed by atoms with Crippen LogP contribution in [0.15, 0.2) is 31.0 Å². The Morgan fingerprint density at radius 1 is 1.03 bits per heavy atom. The van der Waals surface area contributed by atoms with Gasteiger partial charge in [0.05, 0.1) is 17.6 Å². The number of nitrogens with one attached hydrogen (secondary N) is 2. The standard InChI is InChI=1S/C17H17F2N7O2S/c1-3-6-29(27,28)26-16-13(19)14(11(18)8-22-16)25-17-15(20-4-5-21-17)12-7-10(2)23-9-24-12/h4-5,7-9H,3,6H2,1-2H3,(H2,21,22,25,26). The third kappa shape index (κ3) is 4.77. The van der Waals surface area contributed by atoms with Gasteiger partial charge in [0.25, 0.3) is 0 Å². The van der Waals surface area contributed by atoms with E-state index >= 15 is 0 Å². The molecule has 3 aromatic heterocycles. The first-order chi connectivity index (χ1) is 13.8. The lowest BCUT2D eigenvalue weighted by Crippen LogP contribution is -2.18. The minimum Gasteiger partial charge on any atom is -0.333 e. The molecule has 9 nitrogen and oxygen atoms in total. The fraction of sp³-hybridized carbons (Fsp3) is 0.235. The largest absolute Gasteiger partial charge is 0.333 e. The fourth-order valence-corrected chi connectivity index (χ4v) is 3.51. The molecule has 29 heavy (non-hydrogen) atoms. The zero-order valence-electron chi connectivity index (χ0n) is 15.5. The van der Waals surface area contributed by atoms with Crippen molar-refractivity contribution in [2.45, 2.75) is 20.3 Å². The van der Waals surface area contributed by atoms with Gasteiger partial charge in [-0.2, -0.15) is 0 Å². The first kappa shape index (κ1) is 20.5. The molecule has 3 aromatic rings. The molecule has 0 bridgehead atoms. The number of rotatable bonds is 7. The summed E-state index contributed by atoms with van der Waals surface area (Å²) in [5.74, 6) is -3.06. The quantitative estimate of drug-likeness (QED) is 0.597. The van der Waals surface area contributed by atoms with E-state index in [0.717, 1.165) is 0 Å². The van der Waals surface area contributed by atoms with Crippen LogP contribution in [-0.4, -0.2) is 39.1 Å². The Morgan fingerprint density at radius 2 is 1.79 bits per heavy atom. The Bertz CT molecular complexity index is 1140. The van der Waals surface area contributed by atoms with E-state index in [-0.39, 0.29) is 17.3 Å². The number of nitrogens with zero attached hydrogens (tertiary/aromatic N) is 5. The second-order valence-electron chi connectivity index (χ2n) is 5.99. The van der Waals surface area contributed by atoms with Gasteiger partial charge >= 0.3 is 0 Å². The van der Waals surface area contributed by atoms with Gasteiger partial charge in [-0.05, 0) is 19.4 Å². The van der Waals surface area contributed by atoms with Gasteiger partial charge in [0, 0.05) is 18.1 Å². The predicted octanol–water partition coefficient (Wildman–Crippen LogP) is 2.81. The molecule has 0 saturated heterocycles. The molecule has 0 atom stereocenters. The van der Waals surface area contributed by atoms with E-state index in [1.165, 1.54) is 18.7 Å². The molecule has 12 heteroatoms. The Labute approximate surface area is 165 Å². The third-order valence-electron chi connectivity index (χ3n) is 3.69. The Hall–Kier alpha value is -3.28. The van der Waals surface area contributed by atoms with E-state index in [1.54, 1.807) is 19.9 Å². The Balaban J connectivity index is 2.01. The second-order valence-corrected chi connectivity index (χ2v) is 7.83. The topological polar surface area (TPSA) is 123 Å². The molecule has 0 aliphatic rings. The second kappa shape index (κ2) is 8.39. The molecule has 0 fully saturated rings. The lowest BCUT2D eigenvalue weighted by molar-refractivity contribution is 0.580. The number of hydrogen-bond acceptors (Lipinski definition) is 8. The van der Waals surface area contributed by atoms with Crippen LogP contribution in [0, 0.1) is 18.6 Å². The molecule has 0 aliphatic heterocycles. The molecule has 3 rings (SSSR count). The summed E-state index contributed by atoms with van der Waals surface area (Å²) in [6, 6.07) is 1.64. The van der Waals surface area contributed by atoms with Crippen molar-refractivity contribution in [2.75, 3.05) is 15.8 Å². The van der Waals surface area contributed by atoms with Crippen LogP contribution in [0.5, 0.6) is 0 Å². The minimum atomic E-state index is -3.81. The normalized spacial score (nSPS) is 11.3. The molecule has 3 heterocycles. The number of aromatic nitrogens is 5. The molecule has 0 amide bonds. The summed E-state index contributed by atoms with van der Waals surface area (Å²) in [4.78, 5) is 19.8. The van der Waals surface area contributed by atoms with Gasteiger partial charge in [-0.25, -0.2) is 42.1 Å². The lowest BCUT2D eigenvalue weighted by Gasteiger charge is -2.13. The van der Waals surface area contributed by atoms with Gasteiger partial charge in [0.15, 0.2) is 23.3 Å². The average molecular weight is 421 g/mol. The number of hydrogen-bond donors (Lipinski definition) is 2. The molecule has 0 saturated carbocycles. The Morgan fingerprint density at radius 3 is 2.52 bits per heavy atom. The average Bonchev–Trinajstić information content (AvgIpc) is 2.67. The summed E-state index contributed by atoms with van der Waals surface area (Å²) in [6.07, 6.45) is 5.10. The maximum absolute atomic E-state index is 14.8. The maximum atomic E-state index is 14.8. The Kier molecular flexibility index (Phi) is 5.92. The smallest absolute Gasteiger partial charge is 0.233 e. The van der Waals surface area contributed by atoms with Crippen LogP contribution in [0.2, 0.25) is 0 Å². The first-order valence-corrected chi connectivity index (χ1v) is 10.2. The van der Waals surface area contributed by atoms with E-state index in [0.29, 0.717) is 24.0 Å². The summed E-state index contributed by atoms with van der Waals surface area (Å²) in [5.41, 5.74) is 0.677. The maximum Gasteiger partial charge on any atom is 0.233 e. The summed E-state index contributed by atoms with van der Waals surface area (Å²) in [7, 11) is -3.81. The van der Waals surface area contributed by atoms with Gasteiger partial charge in [-0.3, -0.25) is 4.72 Å². The minimum absolute atomic E-state index is 0.0250. The first-order valence-electron chi connectivity index (χ1n) is 8.52. The van der Waals surface area contributed by atoms with Crippen molar-refractivity contribution >= 4 is 27.3 Å². The van der Waals surface area contributed by atoms with Crippen LogP contribution in [-0.2, 0) is 10.0 Å². The molecule has 152 valence electrons. The summed E-state index contributed by atoms with van der Waals surface area (Å²) < 4.78 is 54.9. The predicted molar refractivity (Wildman–Crippen MR) is 103 cm³/mol. The van der Waals surface area contributed by atoms with Crippen molar-refractivity contribution in [3.63, 3.8) is 0 Å². The van der Waals surface area contributed by atoms with E-state index in [2.05, 4.69) is 30.2 Å². The molecule has 2 N–H and O–H groups in total. The van der Waals surface area contributed by atoms with Crippen LogP contribution >= 0.6 is 0 Å². The monoisotopic (exact) mass is 421 g/mol. The summed E-state index contributed by atoms with van der Waals surface area (Å²) in [6.45, 7) is 3.41. The van der Waals surface area contributed by atoms with E-state index in [4.69, 9.17) is 0 Å². The van der Waals surface area contributed by atoms with Crippen LogP contribution in [0.25, 0.3) is 11.4 Å². The SMILES string of the molecule is CCCS(=O)(=O)Nc1ncc(F)c(Nc2nccnc2-c2cc(C)ncn2)c1F. The van der Waals surface area contributed by atoms with Gasteiger partial charge < -0.3 is 5.32 Å². The molecule has 0 radical (unpaired) electrons. The van der Waals surface area contributed by atoms with Crippen molar-refractivity contribution in [2.24, 2.45) is 0 Å². The van der Waals surface area contributed by atoms with Crippen LogP contribution in [0.4, 0.5) is 26.1 Å². The van der Waals surface area contributed by atoms with Gasteiger partial charge in [-0.15, -0.1) is 0 Å². The summed E-state index contributed by atoms with van der Waals surface area (Å²) in [5, 5.41) is 2.53. The van der Waals surface area contributed by atoms with Crippen molar-refractivity contribution in [1.29, 1.82) is 0 Å². The van der Waals surface area contributed by atoms with Crippen LogP contribution in [0.3, 0.4) is 0 Å². The number of halogens is 2. The van der Waals surface area contributed by atoms with Gasteiger partial charge in [-0.1, -0.05) is 6.92 Å². The summed E-state index contributed by atoms with van der Waals surface area (Å²) >= 11 is 0. The van der Waals surface area contributed by atoms with Crippen molar-refractivity contribution < 1.29 is 17.2 Å². The number of anilines is 3.